The third-order valence-corrected chi connectivity index (χ3v) is 1.84. The lowest BCUT2D eigenvalue weighted by Gasteiger charge is -2.08. The first kappa shape index (κ1) is 10.5. The van der Waals surface area contributed by atoms with Crippen LogP contribution in [0, 0.1) is 11.3 Å². The number of ether oxygens (including phenoxy) is 1. The highest BCUT2D eigenvalue weighted by molar-refractivity contribution is 5.25. The molecule has 0 amide bonds. The Morgan fingerprint density at radius 3 is 3.14 bits per heavy atom. The summed E-state index contributed by atoms with van der Waals surface area (Å²) in [4.78, 5) is 4.06. The number of nitrogens with zero attached hydrogens (tertiary/aromatic N) is 2. The number of methoxy groups -OCH3 is 1. The second kappa shape index (κ2) is 5.20. The Morgan fingerprint density at radius 2 is 2.50 bits per heavy atom. The highest BCUT2D eigenvalue weighted by Crippen LogP contribution is 2.12. The number of hydrogen-bond donors (Lipinski definition) is 1. The van der Waals surface area contributed by atoms with Crippen molar-refractivity contribution in [1.82, 2.24) is 10.3 Å². The molecule has 0 bridgehead atoms. The first-order chi connectivity index (χ1) is 6.77. The quantitative estimate of drug-likeness (QED) is 0.774. The molecule has 0 aliphatic carbocycles. The van der Waals surface area contributed by atoms with Gasteiger partial charge in [-0.25, -0.2) is 4.98 Å². The van der Waals surface area contributed by atoms with Crippen molar-refractivity contribution in [1.29, 1.82) is 5.26 Å². The summed E-state index contributed by atoms with van der Waals surface area (Å²) in [5.74, 6) is 0.602. The van der Waals surface area contributed by atoms with Crippen LogP contribution in [-0.4, -0.2) is 18.1 Å². The van der Waals surface area contributed by atoms with Gasteiger partial charge in [-0.15, -0.1) is 0 Å². The van der Waals surface area contributed by atoms with Crippen LogP contribution in [0.15, 0.2) is 18.3 Å². The van der Waals surface area contributed by atoms with Crippen LogP contribution in [0.4, 0.5) is 0 Å². The van der Waals surface area contributed by atoms with Gasteiger partial charge in [0.1, 0.15) is 0 Å². The first-order valence-electron chi connectivity index (χ1n) is 4.38. The van der Waals surface area contributed by atoms with E-state index in [0.717, 1.165) is 5.56 Å². The predicted molar refractivity (Wildman–Crippen MR) is 52.7 cm³/mol. The molecule has 14 heavy (non-hydrogen) atoms. The molecule has 1 atom stereocenters. The van der Waals surface area contributed by atoms with Crippen LogP contribution < -0.4 is 10.1 Å². The van der Waals surface area contributed by atoms with E-state index in [1.807, 2.05) is 19.1 Å². The minimum absolute atomic E-state index is 0.167. The van der Waals surface area contributed by atoms with Crippen molar-refractivity contribution < 1.29 is 4.74 Å². The number of nitriles is 1. The molecule has 4 nitrogen and oxygen atoms in total. The molecular formula is C10H13N3O. The Morgan fingerprint density at radius 1 is 1.71 bits per heavy atom. The van der Waals surface area contributed by atoms with Crippen LogP contribution >= 0.6 is 0 Å². The van der Waals surface area contributed by atoms with Crippen molar-refractivity contribution in [2.75, 3.05) is 7.11 Å². The Labute approximate surface area is 83.5 Å². The topological polar surface area (TPSA) is 57.9 Å². The van der Waals surface area contributed by atoms with Crippen LogP contribution in [0.25, 0.3) is 0 Å². The summed E-state index contributed by atoms with van der Waals surface area (Å²) in [5.41, 5.74) is 0.956. The lowest BCUT2D eigenvalue weighted by Crippen LogP contribution is -2.23. The Bertz CT molecular complexity index is 332. The second-order valence-electron chi connectivity index (χ2n) is 2.90. The lowest BCUT2D eigenvalue weighted by molar-refractivity contribution is 0.390. The molecule has 1 aromatic heterocycles. The van der Waals surface area contributed by atoms with Crippen molar-refractivity contribution in [3.05, 3.63) is 23.9 Å². The summed E-state index contributed by atoms with van der Waals surface area (Å²) in [6, 6.07) is 5.70. The molecule has 0 aliphatic heterocycles. The average molecular weight is 191 g/mol. The third-order valence-electron chi connectivity index (χ3n) is 1.84. The van der Waals surface area contributed by atoms with E-state index in [2.05, 4.69) is 16.4 Å². The SMILES string of the molecule is COc1ncccc1CNC(C)C#N. The van der Waals surface area contributed by atoms with E-state index in [1.165, 1.54) is 0 Å². The number of hydrogen-bond acceptors (Lipinski definition) is 4. The first-order valence-corrected chi connectivity index (χ1v) is 4.38. The van der Waals surface area contributed by atoms with Gasteiger partial charge >= 0.3 is 0 Å². The molecule has 1 rings (SSSR count). The van der Waals surface area contributed by atoms with Gasteiger partial charge in [0.05, 0.1) is 19.2 Å². The van der Waals surface area contributed by atoms with E-state index >= 15 is 0 Å². The van der Waals surface area contributed by atoms with Crippen molar-refractivity contribution in [3.8, 4) is 11.9 Å². The Balaban J connectivity index is 2.63. The van der Waals surface area contributed by atoms with Gasteiger partial charge in [-0.05, 0) is 13.0 Å². The van der Waals surface area contributed by atoms with Gasteiger partial charge in [-0.2, -0.15) is 5.26 Å². The summed E-state index contributed by atoms with van der Waals surface area (Å²) in [6.07, 6.45) is 1.68. The Kier molecular flexibility index (Phi) is 3.89. The molecule has 4 heteroatoms. The highest BCUT2D eigenvalue weighted by atomic mass is 16.5. The summed E-state index contributed by atoms with van der Waals surface area (Å²) in [5, 5.41) is 11.6. The van der Waals surface area contributed by atoms with Crippen molar-refractivity contribution in [3.63, 3.8) is 0 Å². The number of aromatic nitrogens is 1. The van der Waals surface area contributed by atoms with Crippen molar-refractivity contribution in [2.24, 2.45) is 0 Å². The number of nitrogens with one attached hydrogen (secondary N) is 1. The fraction of sp³-hybridized carbons (Fsp3) is 0.400. The molecule has 0 saturated heterocycles. The normalized spacial score (nSPS) is 11.8. The second-order valence-corrected chi connectivity index (χ2v) is 2.90. The molecule has 0 spiro atoms. The fourth-order valence-electron chi connectivity index (χ4n) is 1.05. The van der Waals surface area contributed by atoms with E-state index < -0.39 is 0 Å². The van der Waals surface area contributed by atoms with Crippen LogP contribution in [-0.2, 0) is 6.54 Å². The van der Waals surface area contributed by atoms with Gasteiger partial charge in [0, 0.05) is 18.3 Å². The maximum atomic E-state index is 8.58. The van der Waals surface area contributed by atoms with Gasteiger partial charge in [0.2, 0.25) is 5.88 Å². The van der Waals surface area contributed by atoms with Crippen LogP contribution in [0.2, 0.25) is 0 Å². The van der Waals surface area contributed by atoms with E-state index in [1.54, 1.807) is 13.3 Å². The predicted octanol–water partition coefficient (Wildman–Crippen LogP) is 1.09. The zero-order valence-electron chi connectivity index (χ0n) is 8.32. The van der Waals surface area contributed by atoms with E-state index in [-0.39, 0.29) is 6.04 Å². The molecule has 1 aromatic rings. The Hall–Kier alpha value is -1.60. The molecule has 1 N–H and O–H groups in total. The minimum atomic E-state index is -0.167. The minimum Gasteiger partial charge on any atom is -0.481 e. The van der Waals surface area contributed by atoms with E-state index in [0.29, 0.717) is 12.4 Å². The maximum Gasteiger partial charge on any atom is 0.217 e. The van der Waals surface area contributed by atoms with E-state index in [4.69, 9.17) is 10.00 Å². The summed E-state index contributed by atoms with van der Waals surface area (Å²) in [6.45, 7) is 2.40. The molecule has 0 aromatic carbocycles. The monoisotopic (exact) mass is 191 g/mol. The van der Waals surface area contributed by atoms with Crippen LogP contribution in [0.5, 0.6) is 5.88 Å². The lowest BCUT2D eigenvalue weighted by atomic mass is 10.2. The molecule has 1 heterocycles. The van der Waals surface area contributed by atoms with Gasteiger partial charge in [0.15, 0.2) is 0 Å². The summed E-state index contributed by atoms with van der Waals surface area (Å²) in [7, 11) is 1.58. The van der Waals surface area contributed by atoms with Crippen molar-refractivity contribution >= 4 is 0 Å². The standard InChI is InChI=1S/C10H13N3O/c1-8(6-11)13-7-9-4-3-5-12-10(9)14-2/h3-5,8,13H,7H2,1-2H3. The van der Waals surface area contributed by atoms with Crippen LogP contribution in [0.1, 0.15) is 12.5 Å². The van der Waals surface area contributed by atoms with Crippen molar-refractivity contribution in [2.45, 2.75) is 19.5 Å². The zero-order chi connectivity index (χ0) is 10.4. The molecule has 0 aliphatic rings. The fourth-order valence-corrected chi connectivity index (χ4v) is 1.05. The van der Waals surface area contributed by atoms with Gasteiger partial charge < -0.3 is 4.74 Å². The van der Waals surface area contributed by atoms with Gasteiger partial charge in [-0.3, -0.25) is 5.32 Å². The molecule has 1 unspecified atom stereocenters. The molecular weight excluding hydrogens is 178 g/mol. The van der Waals surface area contributed by atoms with E-state index in [9.17, 15) is 0 Å². The zero-order valence-corrected chi connectivity index (χ0v) is 8.32. The smallest absolute Gasteiger partial charge is 0.217 e. The largest absolute Gasteiger partial charge is 0.481 e. The highest BCUT2D eigenvalue weighted by Gasteiger charge is 2.04. The summed E-state index contributed by atoms with van der Waals surface area (Å²) >= 11 is 0. The third kappa shape index (κ3) is 2.71. The molecule has 74 valence electrons. The molecule has 0 fully saturated rings. The molecule has 0 radical (unpaired) electrons. The number of rotatable bonds is 4. The maximum absolute atomic E-state index is 8.58. The van der Waals surface area contributed by atoms with Gasteiger partial charge in [0.25, 0.3) is 0 Å². The summed E-state index contributed by atoms with van der Waals surface area (Å²) < 4.78 is 5.08. The number of pyridine rings is 1. The molecule has 0 saturated carbocycles. The van der Waals surface area contributed by atoms with Crippen LogP contribution in [0.3, 0.4) is 0 Å². The van der Waals surface area contributed by atoms with Gasteiger partial charge in [-0.1, -0.05) is 6.07 Å². The average Bonchev–Trinajstić information content (AvgIpc) is 2.26.